The molecule has 0 radical (unpaired) electrons. The van der Waals surface area contributed by atoms with Gasteiger partial charge < -0.3 is 10.0 Å². The molecule has 0 aromatic heterocycles. The zero-order valence-corrected chi connectivity index (χ0v) is 11.0. The summed E-state index contributed by atoms with van der Waals surface area (Å²) >= 11 is 0. The molecule has 0 bridgehead atoms. The maximum absolute atomic E-state index is 13.6. The standard InChI is InChI=1S/C15H22FNO/c1-17(14-10-6-5-9-13(14)16)11-15(18)12-7-3-2-4-8-12/h5-6,9-10,12,15,18H,2-4,7-8,11H2,1H3. The van der Waals surface area contributed by atoms with Gasteiger partial charge >= 0.3 is 0 Å². The maximum Gasteiger partial charge on any atom is 0.146 e. The first-order chi connectivity index (χ1) is 8.68. The zero-order valence-electron chi connectivity index (χ0n) is 11.0. The third kappa shape index (κ3) is 3.22. The summed E-state index contributed by atoms with van der Waals surface area (Å²) in [5, 5.41) is 10.2. The smallest absolute Gasteiger partial charge is 0.146 e. The lowest BCUT2D eigenvalue weighted by molar-refractivity contribution is 0.0909. The molecule has 0 aliphatic heterocycles. The van der Waals surface area contributed by atoms with E-state index in [0.717, 1.165) is 12.8 Å². The van der Waals surface area contributed by atoms with Crippen LogP contribution in [0.15, 0.2) is 24.3 Å². The Morgan fingerprint density at radius 1 is 1.28 bits per heavy atom. The van der Waals surface area contributed by atoms with Crippen LogP contribution in [0, 0.1) is 11.7 Å². The van der Waals surface area contributed by atoms with Crippen molar-refractivity contribution >= 4 is 5.69 Å². The molecule has 1 aliphatic rings. The van der Waals surface area contributed by atoms with E-state index >= 15 is 0 Å². The highest BCUT2D eigenvalue weighted by Crippen LogP contribution is 2.27. The molecular weight excluding hydrogens is 229 g/mol. The number of nitrogens with zero attached hydrogens (tertiary/aromatic N) is 1. The predicted molar refractivity (Wildman–Crippen MR) is 72.3 cm³/mol. The molecule has 1 aliphatic carbocycles. The van der Waals surface area contributed by atoms with Crippen LogP contribution in [0.5, 0.6) is 0 Å². The highest BCUT2D eigenvalue weighted by atomic mass is 19.1. The van der Waals surface area contributed by atoms with Crippen LogP contribution in [0.4, 0.5) is 10.1 Å². The number of aliphatic hydroxyl groups excluding tert-OH is 1. The summed E-state index contributed by atoms with van der Waals surface area (Å²) in [6, 6.07) is 6.72. The summed E-state index contributed by atoms with van der Waals surface area (Å²) in [7, 11) is 1.84. The molecule has 100 valence electrons. The van der Waals surface area contributed by atoms with Crippen molar-refractivity contribution in [2.75, 3.05) is 18.5 Å². The van der Waals surface area contributed by atoms with Crippen molar-refractivity contribution in [2.24, 2.45) is 5.92 Å². The maximum atomic E-state index is 13.6. The molecule has 1 aromatic carbocycles. The van der Waals surface area contributed by atoms with Gasteiger partial charge in [0.15, 0.2) is 0 Å². The fourth-order valence-corrected chi connectivity index (χ4v) is 2.81. The van der Waals surface area contributed by atoms with E-state index in [1.807, 2.05) is 18.0 Å². The van der Waals surface area contributed by atoms with Crippen molar-refractivity contribution in [1.82, 2.24) is 0 Å². The van der Waals surface area contributed by atoms with E-state index < -0.39 is 0 Å². The third-order valence-electron chi connectivity index (χ3n) is 3.92. The lowest BCUT2D eigenvalue weighted by Gasteiger charge is -2.30. The van der Waals surface area contributed by atoms with Gasteiger partial charge in [-0.15, -0.1) is 0 Å². The number of benzene rings is 1. The molecule has 0 amide bonds. The molecule has 1 unspecified atom stereocenters. The highest BCUT2D eigenvalue weighted by Gasteiger charge is 2.23. The highest BCUT2D eigenvalue weighted by molar-refractivity contribution is 5.46. The second-order valence-electron chi connectivity index (χ2n) is 5.30. The quantitative estimate of drug-likeness (QED) is 0.888. The van der Waals surface area contributed by atoms with Crippen molar-refractivity contribution in [1.29, 1.82) is 0 Å². The second kappa shape index (κ2) is 6.19. The van der Waals surface area contributed by atoms with Crippen molar-refractivity contribution in [3.63, 3.8) is 0 Å². The number of rotatable bonds is 4. The summed E-state index contributed by atoms with van der Waals surface area (Å²) in [6.07, 6.45) is 5.57. The largest absolute Gasteiger partial charge is 0.391 e. The number of likely N-dealkylation sites (N-methyl/N-ethyl adjacent to an activating group) is 1. The molecule has 1 fully saturated rings. The third-order valence-corrected chi connectivity index (χ3v) is 3.92. The Labute approximate surface area is 108 Å². The molecule has 0 saturated heterocycles. The van der Waals surface area contributed by atoms with Crippen LogP contribution in [-0.4, -0.2) is 24.8 Å². The van der Waals surface area contributed by atoms with Crippen molar-refractivity contribution < 1.29 is 9.50 Å². The fourth-order valence-electron chi connectivity index (χ4n) is 2.81. The van der Waals surface area contributed by atoms with E-state index in [-0.39, 0.29) is 11.9 Å². The molecule has 18 heavy (non-hydrogen) atoms. The Hall–Kier alpha value is -1.09. The number of halogens is 1. The summed E-state index contributed by atoms with van der Waals surface area (Å²) < 4.78 is 13.6. The monoisotopic (exact) mass is 251 g/mol. The van der Waals surface area contributed by atoms with Gasteiger partial charge in [-0.25, -0.2) is 4.39 Å². The molecule has 0 heterocycles. The lowest BCUT2D eigenvalue weighted by Crippen LogP contribution is -2.35. The van der Waals surface area contributed by atoms with E-state index in [1.165, 1.54) is 25.3 Å². The van der Waals surface area contributed by atoms with Crippen LogP contribution in [0.25, 0.3) is 0 Å². The van der Waals surface area contributed by atoms with E-state index in [2.05, 4.69) is 0 Å². The average Bonchev–Trinajstić information content (AvgIpc) is 2.40. The number of hydrogen-bond acceptors (Lipinski definition) is 2. The zero-order chi connectivity index (χ0) is 13.0. The van der Waals surface area contributed by atoms with Crippen LogP contribution >= 0.6 is 0 Å². The van der Waals surface area contributed by atoms with Crippen LogP contribution in [-0.2, 0) is 0 Å². The Balaban J connectivity index is 1.94. The Morgan fingerprint density at radius 3 is 2.61 bits per heavy atom. The molecular formula is C15H22FNO. The Bertz CT molecular complexity index is 377. The van der Waals surface area contributed by atoms with Gasteiger partial charge in [-0.05, 0) is 30.9 Å². The Morgan fingerprint density at radius 2 is 1.94 bits per heavy atom. The summed E-state index contributed by atoms with van der Waals surface area (Å²) in [4.78, 5) is 1.81. The summed E-state index contributed by atoms with van der Waals surface area (Å²) in [5.41, 5.74) is 0.562. The van der Waals surface area contributed by atoms with Gasteiger partial charge in [0.05, 0.1) is 11.8 Å². The van der Waals surface area contributed by atoms with Crippen molar-refractivity contribution in [3.8, 4) is 0 Å². The van der Waals surface area contributed by atoms with E-state index in [1.54, 1.807) is 12.1 Å². The molecule has 1 aromatic rings. The average molecular weight is 251 g/mol. The van der Waals surface area contributed by atoms with Crippen molar-refractivity contribution in [2.45, 2.75) is 38.2 Å². The minimum Gasteiger partial charge on any atom is -0.391 e. The molecule has 0 spiro atoms. The number of anilines is 1. The minimum atomic E-state index is -0.352. The molecule has 1 saturated carbocycles. The van der Waals surface area contributed by atoms with E-state index in [4.69, 9.17) is 0 Å². The van der Waals surface area contributed by atoms with Crippen LogP contribution in [0.3, 0.4) is 0 Å². The number of aliphatic hydroxyl groups is 1. The summed E-state index contributed by atoms with van der Waals surface area (Å²) in [6.45, 7) is 0.506. The molecule has 1 N–H and O–H groups in total. The normalized spacial score (nSPS) is 18.6. The number of para-hydroxylation sites is 1. The van der Waals surface area contributed by atoms with Gasteiger partial charge in [-0.3, -0.25) is 0 Å². The van der Waals surface area contributed by atoms with E-state index in [0.29, 0.717) is 18.2 Å². The molecule has 3 heteroatoms. The first-order valence-electron chi connectivity index (χ1n) is 6.82. The fraction of sp³-hybridized carbons (Fsp3) is 0.600. The first kappa shape index (κ1) is 13.3. The van der Waals surface area contributed by atoms with Gasteiger partial charge in [0.1, 0.15) is 5.82 Å². The topological polar surface area (TPSA) is 23.5 Å². The van der Waals surface area contributed by atoms with E-state index in [9.17, 15) is 9.50 Å². The molecule has 1 atom stereocenters. The van der Waals surface area contributed by atoms with Crippen LogP contribution < -0.4 is 4.90 Å². The van der Waals surface area contributed by atoms with Gasteiger partial charge in [-0.2, -0.15) is 0 Å². The lowest BCUT2D eigenvalue weighted by atomic mass is 9.85. The van der Waals surface area contributed by atoms with Gasteiger partial charge in [0, 0.05) is 13.6 Å². The summed E-state index contributed by atoms with van der Waals surface area (Å²) in [5.74, 6) is 0.156. The first-order valence-corrected chi connectivity index (χ1v) is 6.82. The van der Waals surface area contributed by atoms with Gasteiger partial charge in [0.2, 0.25) is 0 Å². The Kier molecular flexibility index (Phi) is 4.59. The molecule has 2 nitrogen and oxygen atoms in total. The molecule has 2 rings (SSSR count). The second-order valence-corrected chi connectivity index (χ2v) is 5.30. The van der Waals surface area contributed by atoms with Crippen LogP contribution in [0.1, 0.15) is 32.1 Å². The van der Waals surface area contributed by atoms with Crippen molar-refractivity contribution in [3.05, 3.63) is 30.1 Å². The van der Waals surface area contributed by atoms with Gasteiger partial charge in [-0.1, -0.05) is 31.4 Å². The van der Waals surface area contributed by atoms with Crippen LogP contribution in [0.2, 0.25) is 0 Å². The van der Waals surface area contributed by atoms with Gasteiger partial charge in [0.25, 0.3) is 0 Å². The minimum absolute atomic E-state index is 0.226. The number of hydrogen-bond donors (Lipinski definition) is 1. The predicted octanol–water partition coefficient (Wildman–Crippen LogP) is 3.20. The SMILES string of the molecule is CN(CC(O)C1CCCCC1)c1ccccc1F.